The minimum atomic E-state index is -1.18. The molecule has 0 aromatic carbocycles. The molecule has 0 aromatic rings. The maximum absolute atomic E-state index is 11.1. The van der Waals surface area contributed by atoms with Gasteiger partial charge in [-0.2, -0.15) is 0 Å². The van der Waals surface area contributed by atoms with E-state index in [1.54, 1.807) is 11.6 Å². The van der Waals surface area contributed by atoms with Gasteiger partial charge in [-0.05, 0) is 11.5 Å². The van der Waals surface area contributed by atoms with Crippen LogP contribution in [0.4, 0.5) is 0 Å². The Morgan fingerprint density at radius 2 is 2.38 bits per heavy atom. The Morgan fingerprint density at radius 1 is 1.56 bits per heavy atom. The number of aliphatic imine (C=N–C) groups is 1. The van der Waals surface area contributed by atoms with Gasteiger partial charge in [0.15, 0.2) is 11.5 Å². The highest BCUT2D eigenvalue weighted by atomic mass is 32.2. The Bertz CT molecular complexity index is 468. The van der Waals surface area contributed by atoms with Crippen molar-refractivity contribution in [3.05, 3.63) is 44.3 Å². The highest BCUT2D eigenvalue weighted by Crippen LogP contribution is 2.23. The van der Waals surface area contributed by atoms with E-state index in [0.29, 0.717) is 10.9 Å². The van der Waals surface area contributed by atoms with Crippen LogP contribution in [0.2, 0.25) is 0 Å². The first-order chi connectivity index (χ1) is 7.68. The van der Waals surface area contributed by atoms with Crippen LogP contribution in [0.25, 0.3) is 0 Å². The van der Waals surface area contributed by atoms with Crippen LogP contribution in [0.3, 0.4) is 0 Å². The van der Waals surface area contributed by atoms with Gasteiger partial charge >= 0.3 is 5.91 Å². The first-order valence-corrected chi connectivity index (χ1v) is 5.09. The number of amides is 1. The van der Waals surface area contributed by atoms with Gasteiger partial charge in [-0.3, -0.25) is 10.1 Å². The van der Waals surface area contributed by atoms with E-state index in [1.807, 2.05) is 0 Å². The number of carbonyl (C=O) groups excluding carboxylic acids is 1. The second-order valence-electron chi connectivity index (χ2n) is 2.79. The van der Waals surface area contributed by atoms with Crippen molar-refractivity contribution in [3.8, 4) is 0 Å². The third kappa shape index (κ3) is 1.96. The van der Waals surface area contributed by atoms with Gasteiger partial charge in [-0.15, -0.1) is 0 Å². The van der Waals surface area contributed by atoms with Gasteiger partial charge in [0.25, 0.3) is 0 Å². The third-order valence-electron chi connectivity index (χ3n) is 1.78. The summed E-state index contributed by atoms with van der Waals surface area (Å²) >= 11 is 1.37. The molecular weight excluding hydrogens is 232 g/mol. The van der Waals surface area contributed by atoms with Gasteiger partial charge in [0.05, 0.1) is 0 Å². The standard InChI is InChI=1S/C8H6N4O3S/c13-8(12(14)15)5-1-2-9-6(11-5)7-10-3-4-16-7/h1-4,10-11H. The van der Waals surface area contributed by atoms with Gasteiger partial charge in [0.2, 0.25) is 0 Å². The van der Waals surface area contributed by atoms with E-state index >= 15 is 0 Å². The molecule has 2 aliphatic heterocycles. The molecule has 0 aromatic heterocycles. The van der Waals surface area contributed by atoms with Crippen LogP contribution in [-0.4, -0.2) is 17.0 Å². The smallest absolute Gasteiger partial charge is 0.353 e. The lowest BCUT2D eigenvalue weighted by molar-refractivity contribution is -0.397. The number of thioether (sulfide) groups is 1. The zero-order chi connectivity index (χ0) is 11.5. The molecule has 0 radical (unpaired) electrons. The van der Waals surface area contributed by atoms with E-state index in [0.717, 1.165) is 0 Å². The van der Waals surface area contributed by atoms with Crippen LogP contribution in [0.15, 0.2) is 39.2 Å². The van der Waals surface area contributed by atoms with Crippen molar-refractivity contribution in [2.24, 2.45) is 4.99 Å². The number of allylic oxidation sites excluding steroid dienone is 1. The van der Waals surface area contributed by atoms with Crippen LogP contribution < -0.4 is 10.6 Å². The number of nitrogens with one attached hydrogen (secondary N) is 2. The molecule has 0 fully saturated rings. The summed E-state index contributed by atoms with van der Waals surface area (Å²) in [6, 6.07) is 0. The van der Waals surface area contributed by atoms with Crippen LogP contribution in [-0.2, 0) is 4.79 Å². The molecule has 2 aliphatic rings. The maximum Gasteiger partial charge on any atom is 0.492 e. The molecule has 1 amide bonds. The summed E-state index contributed by atoms with van der Waals surface area (Å²) in [5.41, 5.74) is -0.100. The van der Waals surface area contributed by atoms with Gasteiger partial charge in [-0.1, -0.05) is 11.8 Å². The second kappa shape index (κ2) is 4.19. The zero-order valence-electron chi connectivity index (χ0n) is 7.84. The minimum absolute atomic E-state index is 0.100. The average Bonchev–Trinajstić information content (AvgIpc) is 2.81. The average molecular weight is 238 g/mol. The molecule has 0 unspecified atom stereocenters. The molecule has 0 bridgehead atoms. The molecule has 0 saturated carbocycles. The van der Waals surface area contributed by atoms with Crippen molar-refractivity contribution in [1.82, 2.24) is 10.6 Å². The molecule has 82 valence electrons. The fourth-order valence-electron chi connectivity index (χ4n) is 1.10. The molecule has 2 heterocycles. The van der Waals surface area contributed by atoms with Crippen molar-refractivity contribution in [2.75, 3.05) is 0 Å². The quantitative estimate of drug-likeness (QED) is 0.503. The lowest BCUT2D eigenvalue weighted by atomic mass is 10.3. The summed E-state index contributed by atoms with van der Waals surface area (Å²) in [4.78, 5) is 24.4. The normalized spacial score (nSPS) is 22.4. The lowest BCUT2D eigenvalue weighted by Crippen LogP contribution is -2.28. The van der Waals surface area contributed by atoms with E-state index < -0.39 is 10.8 Å². The van der Waals surface area contributed by atoms with Crippen molar-refractivity contribution in [3.63, 3.8) is 0 Å². The Kier molecular flexibility index (Phi) is 2.73. The van der Waals surface area contributed by atoms with Gasteiger partial charge in [0, 0.05) is 12.4 Å². The molecule has 0 aliphatic carbocycles. The number of nitrogens with zero attached hydrogens (tertiary/aromatic N) is 2. The summed E-state index contributed by atoms with van der Waals surface area (Å²) < 4.78 is 0. The highest BCUT2D eigenvalue weighted by molar-refractivity contribution is 8.06. The van der Waals surface area contributed by atoms with Crippen LogP contribution in [0, 0.1) is 10.1 Å². The fraction of sp³-hybridized carbons (Fsp3) is 0. The van der Waals surface area contributed by atoms with E-state index in [-0.39, 0.29) is 5.70 Å². The predicted octanol–water partition coefficient (Wildman–Crippen LogP) is 0.282. The Hall–Kier alpha value is -2.09. The molecule has 0 saturated heterocycles. The molecule has 2 rings (SSSR count). The predicted molar refractivity (Wildman–Crippen MR) is 58.6 cm³/mol. The van der Waals surface area contributed by atoms with Gasteiger partial charge in [-0.25, -0.2) is 9.79 Å². The van der Waals surface area contributed by atoms with Crippen molar-refractivity contribution >= 4 is 23.9 Å². The SMILES string of the molecule is O=C(C1=CC=NC(=C2NC=CS2)N1)[N+](=O)[O-]. The number of rotatable bonds is 1. The van der Waals surface area contributed by atoms with Gasteiger partial charge in [0.1, 0.15) is 9.95 Å². The molecule has 0 atom stereocenters. The molecule has 0 spiro atoms. The summed E-state index contributed by atoms with van der Waals surface area (Å²) in [7, 11) is 0. The van der Waals surface area contributed by atoms with Crippen molar-refractivity contribution < 1.29 is 9.72 Å². The summed E-state index contributed by atoms with van der Waals surface area (Å²) in [6.45, 7) is 0. The third-order valence-corrected chi connectivity index (χ3v) is 2.60. The van der Waals surface area contributed by atoms with E-state index in [1.165, 1.54) is 24.1 Å². The number of hydrogen-bond acceptors (Lipinski definition) is 7. The molecule has 2 N–H and O–H groups in total. The second-order valence-corrected chi connectivity index (χ2v) is 3.70. The van der Waals surface area contributed by atoms with Crippen molar-refractivity contribution in [2.45, 2.75) is 0 Å². The lowest BCUT2D eigenvalue weighted by Gasteiger charge is -2.11. The highest BCUT2D eigenvalue weighted by Gasteiger charge is 2.25. The molecule has 16 heavy (non-hydrogen) atoms. The number of hydrogen-bond donors (Lipinski definition) is 2. The first kappa shape index (κ1) is 10.4. The Morgan fingerprint density at radius 3 is 3.00 bits per heavy atom. The number of nitro groups is 1. The molecular formula is C8H6N4O3S. The topological polar surface area (TPSA) is 96.6 Å². The van der Waals surface area contributed by atoms with Crippen LogP contribution in [0.1, 0.15) is 0 Å². The summed E-state index contributed by atoms with van der Waals surface area (Å²) in [6.07, 6.45) is 4.32. The number of carbonyl (C=O) groups is 1. The Balaban J connectivity index is 2.19. The van der Waals surface area contributed by atoms with Crippen molar-refractivity contribution in [1.29, 1.82) is 0 Å². The van der Waals surface area contributed by atoms with E-state index in [2.05, 4.69) is 15.6 Å². The van der Waals surface area contributed by atoms with E-state index in [9.17, 15) is 14.9 Å². The largest absolute Gasteiger partial charge is 0.492 e. The monoisotopic (exact) mass is 238 g/mol. The van der Waals surface area contributed by atoms with Gasteiger partial charge < -0.3 is 10.6 Å². The van der Waals surface area contributed by atoms with Crippen LogP contribution in [0.5, 0.6) is 0 Å². The maximum atomic E-state index is 11.1. The first-order valence-electron chi connectivity index (χ1n) is 4.21. The summed E-state index contributed by atoms with van der Waals surface area (Å²) in [5, 5.41) is 18.3. The Labute approximate surface area is 94.1 Å². The molecule has 7 nitrogen and oxygen atoms in total. The fourth-order valence-corrected chi connectivity index (χ4v) is 1.72. The van der Waals surface area contributed by atoms with Crippen LogP contribution >= 0.6 is 11.8 Å². The minimum Gasteiger partial charge on any atom is -0.353 e. The zero-order valence-corrected chi connectivity index (χ0v) is 8.65. The summed E-state index contributed by atoms with van der Waals surface area (Å²) in [5.74, 6) is -0.789. The van der Waals surface area contributed by atoms with E-state index in [4.69, 9.17) is 0 Å². The molecule has 8 heteroatoms.